The molecule has 4 rings (SSSR count). The van der Waals surface area contributed by atoms with Gasteiger partial charge in [-0.1, -0.05) is 77.4 Å². The third kappa shape index (κ3) is 6.16. The third-order valence-corrected chi connectivity index (χ3v) is 9.23. The number of fused-ring (bicyclic) bond motifs is 1. The molecule has 0 spiro atoms. The van der Waals surface area contributed by atoms with Crippen molar-refractivity contribution in [3.63, 3.8) is 0 Å². The van der Waals surface area contributed by atoms with Gasteiger partial charge < -0.3 is 9.47 Å². The van der Waals surface area contributed by atoms with Crippen LogP contribution in [0.5, 0.6) is 5.75 Å². The van der Waals surface area contributed by atoms with Crippen LogP contribution in [0, 0.1) is 0 Å². The fourth-order valence-corrected chi connectivity index (χ4v) is 6.68. The number of carbonyl (C=O) groups is 1. The zero-order valence-corrected chi connectivity index (χ0v) is 26.4. The summed E-state index contributed by atoms with van der Waals surface area (Å²) in [5.41, 5.74) is 5.50. The van der Waals surface area contributed by atoms with E-state index in [1.807, 2.05) is 24.3 Å². The minimum atomic E-state index is -4.02. The Labute approximate surface area is 250 Å². The summed E-state index contributed by atoms with van der Waals surface area (Å²) >= 11 is 0. The van der Waals surface area contributed by atoms with Gasteiger partial charge in [-0.2, -0.15) is 0 Å². The molecule has 7 heteroatoms. The molecule has 1 aromatic heterocycles. The molecule has 0 atom stereocenters. The number of carbonyl (C=O) groups excluding carboxylic acids is 1. The molecule has 0 amide bonds. The normalized spacial score (nSPS) is 12.4. The predicted molar refractivity (Wildman–Crippen MR) is 171 cm³/mol. The van der Waals surface area contributed by atoms with Crippen molar-refractivity contribution in [2.75, 3.05) is 13.7 Å². The number of esters is 1. The highest BCUT2D eigenvalue weighted by atomic mass is 32.2. The van der Waals surface area contributed by atoms with Crippen molar-refractivity contribution in [1.82, 2.24) is 3.97 Å². The van der Waals surface area contributed by atoms with Crippen LogP contribution >= 0.6 is 0 Å². The highest BCUT2D eigenvalue weighted by molar-refractivity contribution is 7.90. The lowest BCUT2D eigenvalue weighted by molar-refractivity contribution is -0.134. The standard InChI is InChI=1S/C35H41NO5S/c1-8-9-18-41-35-29(24(4)5)20-26(23(2)3)21-31(35)28-16-13-17-32-30(28)22-33(25(6)19-34(37)40-7)36(32)42(38,39)27-14-11-10-12-15-27/h10-17,19-24H,8-9,18H2,1-7H3. The smallest absolute Gasteiger partial charge is 0.330 e. The number of allylic oxidation sites excluding steroid dienone is 1. The second-order valence-electron chi connectivity index (χ2n) is 11.2. The van der Waals surface area contributed by atoms with Crippen molar-refractivity contribution in [1.29, 1.82) is 0 Å². The molecule has 0 aliphatic carbocycles. The van der Waals surface area contributed by atoms with Crippen LogP contribution in [0.15, 0.2) is 77.7 Å². The van der Waals surface area contributed by atoms with Gasteiger partial charge in [-0.25, -0.2) is 17.2 Å². The monoisotopic (exact) mass is 587 g/mol. The summed E-state index contributed by atoms with van der Waals surface area (Å²) < 4.78 is 41.0. The van der Waals surface area contributed by atoms with E-state index < -0.39 is 16.0 Å². The maximum absolute atomic E-state index is 14.2. The van der Waals surface area contributed by atoms with E-state index in [1.165, 1.54) is 22.7 Å². The molecule has 1 heterocycles. The molecule has 0 fully saturated rings. The maximum Gasteiger partial charge on any atom is 0.330 e. The van der Waals surface area contributed by atoms with Crippen LogP contribution in [0.3, 0.4) is 0 Å². The van der Waals surface area contributed by atoms with Crippen LogP contribution in [0.25, 0.3) is 27.6 Å². The minimum Gasteiger partial charge on any atom is -0.493 e. The Bertz CT molecular complexity index is 1710. The lowest BCUT2D eigenvalue weighted by Gasteiger charge is -2.22. The number of rotatable bonds is 11. The number of benzene rings is 3. The molecule has 0 unspecified atom stereocenters. The molecular formula is C35H41NO5S. The molecular weight excluding hydrogens is 546 g/mol. The lowest BCUT2D eigenvalue weighted by Crippen LogP contribution is -2.15. The Hall–Kier alpha value is -3.84. The van der Waals surface area contributed by atoms with E-state index >= 15 is 0 Å². The van der Waals surface area contributed by atoms with Gasteiger partial charge in [0.05, 0.1) is 29.8 Å². The van der Waals surface area contributed by atoms with Crippen LogP contribution < -0.4 is 4.74 Å². The summed E-state index contributed by atoms with van der Waals surface area (Å²) in [7, 11) is -2.72. The number of methoxy groups -OCH3 is 1. The number of hydrogen-bond donors (Lipinski definition) is 0. The molecule has 42 heavy (non-hydrogen) atoms. The Balaban J connectivity index is 2.11. The van der Waals surface area contributed by atoms with Gasteiger partial charge in [0.25, 0.3) is 10.0 Å². The zero-order valence-electron chi connectivity index (χ0n) is 25.6. The average molecular weight is 588 g/mol. The SMILES string of the molecule is CCCCOc1c(-c2cccc3c2cc(C(C)=CC(=O)OC)n3S(=O)(=O)c2ccccc2)cc(C(C)C)cc1C(C)C. The van der Waals surface area contributed by atoms with Crippen molar-refractivity contribution >= 4 is 32.5 Å². The molecule has 6 nitrogen and oxygen atoms in total. The van der Waals surface area contributed by atoms with Crippen molar-refractivity contribution < 1.29 is 22.7 Å². The molecule has 0 aliphatic rings. The summed E-state index contributed by atoms with van der Waals surface area (Å²) in [5, 5.41) is 0.751. The Morgan fingerprint density at radius 3 is 2.26 bits per heavy atom. The van der Waals surface area contributed by atoms with Crippen molar-refractivity contribution in [2.45, 2.75) is 71.1 Å². The predicted octanol–water partition coefficient (Wildman–Crippen LogP) is 8.55. The summed E-state index contributed by atoms with van der Waals surface area (Å²) in [4.78, 5) is 12.4. The Morgan fingerprint density at radius 1 is 0.929 bits per heavy atom. The largest absolute Gasteiger partial charge is 0.493 e. The number of ether oxygens (including phenoxy) is 2. The number of unbranched alkanes of at least 4 members (excludes halogenated alkanes) is 1. The molecule has 0 bridgehead atoms. The van der Waals surface area contributed by atoms with Gasteiger partial charge >= 0.3 is 5.97 Å². The first-order chi connectivity index (χ1) is 20.0. The van der Waals surface area contributed by atoms with E-state index in [0.29, 0.717) is 23.4 Å². The van der Waals surface area contributed by atoms with Crippen LogP contribution in [0.1, 0.15) is 83.0 Å². The first-order valence-corrected chi connectivity index (χ1v) is 16.0. The van der Waals surface area contributed by atoms with Crippen LogP contribution in [-0.2, 0) is 19.6 Å². The number of hydrogen-bond acceptors (Lipinski definition) is 5. The third-order valence-electron chi connectivity index (χ3n) is 7.49. The van der Waals surface area contributed by atoms with Gasteiger partial charge in [0, 0.05) is 17.0 Å². The molecule has 4 aromatic rings. The summed E-state index contributed by atoms with van der Waals surface area (Å²) in [6.45, 7) is 13.1. The van der Waals surface area contributed by atoms with Crippen molar-refractivity contribution in [3.8, 4) is 16.9 Å². The molecule has 0 aliphatic heterocycles. The lowest BCUT2D eigenvalue weighted by atomic mass is 9.88. The van der Waals surface area contributed by atoms with Crippen LogP contribution in [0.2, 0.25) is 0 Å². The zero-order chi connectivity index (χ0) is 30.6. The second kappa shape index (κ2) is 13.0. The maximum atomic E-state index is 14.2. The number of aromatic nitrogens is 1. The van der Waals surface area contributed by atoms with E-state index in [2.05, 4.69) is 46.8 Å². The van der Waals surface area contributed by atoms with Gasteiger partial charge in [0.1, 0.15) is 5.75 Å². The van der Waals surface area contributed by atoms with E-state index in [1.54, 1.807) is 37.3 Å². The first-order valence-electron chi connectivity index (χ1n) is 14.5. The molecule has 0 saturated carbocycles. The second-order valence-corrected chi connectivity index (χ2v) is 13.0. The van der Waals surface area contributed by atoms with Gasteiger partial charge in [0.2, 0.25) is 0 Å². The minimum absolute atomic E-state index is 0.160. The Kier molecular flexibility index (Phi) is 9.62. The molecule has 222 valence electrons. The average Bonchev–Trinajstić information content (AvgIpc) is 3.38. The fourth-order valence-electron chi connectivity index (χ4n) is 5.10. The number of nitrogens with zero attached hydrogens (tertiary/aromatic N) is 1. The van der Waals surface area contributed by atoms with Crippen molar-refractivity contribution in [3.05, 3.63) is 89.6 Å². The van der Waals surface area contributed by atoms with Gasteiger partial charge in [0.15, 0.2) is 0 Å². The van der Waals surface area contributed by atoms with E-state index in [-0.39, 0.29) is 16.7 Å². The first kappa shape index (κ1) is 31.1. The van der Waals surface area contributed by atoms with Gasteiger partial charge in [-0.3, -0.25) is 0 Å². The van der Waals surface area contributed by atoms with Crippen molar-refractivity contribution in [2.24, 2.45) is 0 Å². The summed E-state index contributed by atoms with van der Waals surface area (Å²) in [6, 6.07) is 20.3. The fraction of sp³-hybridized carbons (Fsp3) is 0.343. The highest BCUT2D eigenvalue weighted by Gasteiger charge is 2.27. The Morgan fingerprint density at radius 2 is 1.64 bits per heavy atom. The molecule has 3 aromatic carbocycles. The van der Waals surface area contributed by atoms with Crippen LogP contribution in [-0.4, -0.2) is 32.1 Å². The van der Waals surface area contributed by atoms with Gasteiger partial charge in [-0.15, -0.1) is 0 Å². The topological polar surface area (TPSA) is 74.6 Å². The molecule has 0 N–H and O–H groups in total. The molecule has 0 saturated heterocycles. The summed E-state index contributed by atoms with van der Waals surface area (Å²) in [5.74, 6) is 0.785. The summed E-state index contributed by atoms with van der Waals surface area (Å²) in [6.07, 6.45) is 3.27. The van der Waals surface area contributed by atoms with Crippen LogP contribution in [0.4, 0.5) is 0 Å². The van der Waals surface area contributed by atoms with Gasteiger partial charge in [-0.05, 0) is 77.8 Å². The van der Waals surface area contributed by atoms with E-state index in [0.717, 1.165) is 40.7 Å². The molecule has 0 radical (unpaired) electrons. The quantitative estimate of drug-likeness (QED) is 0.0998. The highest BCUT2D eigenvalue weighted by Crippen LogP contribution is 2.44. The van der Waals surface area contributed by atoms with E-state index in [9.17, 15) is 13.2 Å². The van der Waals surface area contributed by atoms with E-state index in [4.69, 9.17) is 9.47 Å².